The number of carbonyl (C=O) groups is 1. The molecule has 1 amide bonds. The predicted octanol–water partition coefficient (Wildman–Crippen LogP) is 3.81. The van der Waals surface area contributed by atoms with Crippen LogP contribution >= 0.6 is 11.6 Å². The number of nitrogens with zero attached hydrogens (tertiary/aromatic N) is 2. The molecule has 2 unspecified atom stereocenters. The lowest BCUT2D eigenvalue weighted by Gasteiger charge is -2.33. The van der Waals surface area contributed by atoms with Crippen LogP contribution in [-0.2, 0) is 13.0 Å². The summed E-state index contributed by atoms with van der Waals surface area (Å²) >= 11 is 6.55. The average Bonchev–Trinajstić information content (AvgIpc) is 3.26. The highest BCUT2D eigenvalue weighted by Crippen LogP contribution is 2.35. The van der Waals surface area contributed by atoms with E-state index in [1.54, 1.807) is 0 Å². The fraction of sp³-hybridized carbons (Fsp3) is 0.429. The minimum atomic E-state index is -0.576. The van der Waals surface area contributed by atoms with Crippen molar-refractivity contribution in [2.45, 2.75) is 45.2 Å². The summed E-state index contributed by atoms with van der Waals surface area (Å²) in [4.78, 5) is 19.5. The second-order valence-electron chi connectivity index (χ2n) is 7.57. The van der Waals surface area contributed by atoms with Crippen LogP contribution in [0.2, 0.25) is 5.15 Å². The Kier molecular flexibility index (Phi) is 5.42. The molecule has 2 aromatic heterocycles. The van der Waals surface area contributed by atoms with Gasteiger partial charge in [0.1, 0.15) is 11.0 Å². The van der Waals surface area contributed by atoms with Crippen LogP contribution in [0.5, 0.6) is 0 Å². The van der Waals surface area contributed by atoms with Crippen molar-refractivity contribution in [2.75, 3.05) is 6.54 Å². The van der Waals surface area contributed by atoms with Crippen molar-refractivity contribution < 1.29 is 4.79 Å². The zero-order valence-electron chi connectivity index (χ0n) is 16.0. The van der Waals surface area contributed by atoms with Crippen molar-refractivity contribution >= 4 is 28.4 Å². The Bertz CT molecular complexity index is 992. The van der Waals surface area contributed by atoms with Crippen LogP contribution in [0.4, 0.5) is 0 Å². The molecule has 2 atom stereocenters. The first-order chi connectivity index (χ1) is 13.6. The number of halogens is 1. The van der Waals surface area contributed by atoms with Crippen LogP contribution in [0.3, 0.4) is 0 Å². The largest absolute Gasteiger partial charge is 0.364 e. The number of H-pyrrole nitrogens is 1. The van der Waals surface area contributed by atoms with Crippen LogP contribution in [0.15, 0.2) is 30.5 Å². The molecule has 0 saturated heterocycles. The van der Waals surface area contributed by atoms with Gasteiger partial charge in [-0.15, -0.1) is 0 Å². The minimum Gasteiger partial charge on any atom is -0.364 e. The number of primary amides is 1. The molecule has 4 N–H and O–H groups in total. The second-order valence-corrected chi connectivity index (χ2v) is 7.92. The molecule has 3 heterocycles. The fourth-order valence-electron chi connectivity index (χ4n) is 4.36. The van der Waals surface area contributed by atoms with E-state index in [1.807, 2.05) is 10.6 Å². The number of aromatic nitrogens is 3. The van der Waals surface area contributed by atoms with Crippen LogP contribution in [0.1, 0.15) is 54.1 Å². The van der Waals surface area contributed by atoms with Gasteiger partial charge in [-0.1, -0.05) is 49.6 Å². The lowest BCUT2D eigenvalue weighted by molar-refractivity contribution is 0.0996. The summed E-state index contributed by atoms with van der Waals surface area (Å²) in [6.07, 6.45) is 6.43. The first-order valence-electron chi connectivity index (χ1n) is 9.92. The summed E-state index contributed by atoms with van der Waals surface area (Å²) in [5, 5.41) is 5.08. The van der Waals surface area contributed by atoms with Crippen molar-refractivity contribution in [3.8, 4) is 0 Å². The summed E-state index contributed by atoms with van der Waals surface area (Å²) in [6.45, 7) is 3.61. The third kappa shape index (κ3) is 3.42. The number of imidazole rings is 1. The summed E-state index contributed by atoms with van der Waals surface area (Å²) in [7, 11) is 0. The number of hydrogen-bond donors (Lipinski definition) is 3. The number of unbranched alkanes of at least 4 members (excludes halogenated alkanes) is 1. The van der Waals surface area contributed by atoms with Gasteiger partial charge in [0.25, 0.3) is 5.91 Å². The Morgan fingerprint density at radius 1 is 1.43 bits per heavy atom. The number of aromatic amines is 1. The summed E-state index contributed by atoms with van der Waals surface area (Å²) in [5.41, 5.74) is 8.12. The quantitative estimate of drug-likeness (QED) is 0.564. The third-order valence-electron chi connectivity index (χ3n) is 5.76. The molecule has 0 radical (unpaired) electrons. The lowest BCUT2D eigenvalue weighted by atomic mass is 9.86. The van der Waals surface area contributed by atoms with Crippen molar-refractivity contribution in [2.24, 2.45) is 11.7 Å². The lowest BCUT2D eigenvalue weighted by Crippen LogP contribution is -2.38. The molecule has 0 saturated carbocycles. The number of nitrogens with two attached hydrogens (primary N) is 1. The average molecular weight is 400 g/mol. The van der Waals surface area contributed by atoms with Gasteiger partial charge in [0.05, 0.1) is 12.6 Å². The van der Waals surface area contributed by atoms with E-state index in [-0.39, 0.29) is 11.7 Å². The Balaban J connectivity index is 1.70. The number of fused-ring (bicyclic) bond motifs is 2. The number of carbonyl (C=O) groups excluding carboxylic acids is 1. The van der Waals surface area contributed by atoms with E-state index in [2.05, 4.69) is 46.6 Å². The Morgan fingerprint density at radius 2 is 2.25 bits per heavy atom. The Hall–Kier alpha value is -2.31. The van der Waals surface area contributed by atoms with Gasteiger partial charge >= 0.3 is 0 Å². The van der Waals surface area contributed by atoms with Gasteiger partial charge in [-0.2, -0.15) is 0 Å². The van der Waals surface area contributed by atoms with E-state index in [0.717, 1.165) is 43.6 Å². The summed E-state index contributed by atoms with van der Waals surface area (Å²) < 4.78 is 2.04. The van der Waals surface area contributed by atoms with Gasteiger partial charge in [0.15, 0.2) is 5.69 Å². The van der Waals surface area contributed by atoms with E-state index in [1.165, 1.54) is 10.9 Å². The molecule has 0 spiro atoms. The van der Waals surface area contributed by atoms with Gasteiger partial charge in [0, 0.05) is 23.6 Å². The molecule has 1 aliphatic heterocycles. The van der Waals surface area contributed by atoms with Crippen LogP contribution in [0, 0.1) is 5.92 Å². The summed E-state index contributed by atoms with van der Waals surface area (Å²) in [6, 6.07) is 8.53. The Morgan fingerprint density at radius 3 is 3.04 bits per heavy atom. The van der Waals surface area contributed by atoms with E-state index >= 15 is 0 Å². The number of amides is 1. The molecule has 7 heteroatoms. The number of hydrogen-bond acceptors (Lipinski definition) is 3. The van der Waals surface area contributed by atoms with Gasteiger partial charge in [-0.25, -0.2) is 4.98 Å². The molecule has 148 valence electrons. The molecule has 0 bridgehead atoms. The zero-order chi connectivity index (χ0) is 19.7. The highest BCUT2D eigenvalue weighted by molar-refractivity contribution is 6.32. The van der Waals surface area contributed by atoms with Crippen LogP contribution < -0.4 is 11.1 Å². The molecule has 0 aliphatic carbocycles. The first-order valence-corrected chi connectivity index (χ1v) is 10.3. The van der Waals surface area contributed by atoms with Gasteiger partial charge in [-0.05, 0) is 30.4 Å². The van der Waals surface area contributed by atoms with Crippen molar-refractivity contribution in [3.63, 3.8) is 0 Å². The molecule has 28 heavy (non-hydrogen) atoms. The first kappa shape index (κ1) is 19.0. The number of nitrogens with one attached hydrogen (secondary N) is 2. The molecule has 0 fully saturated rings. The maximum atomic E-state index is 11.7. The molecular weight excluding hydrogens is 374 g/mol. The van der Waals surface area contributed by atoms with E-state index in [9.17, 15) is 4.79 Å². The third-order valence-corrected chi connectivity index (χ3v) is 6.12. The van der Waals surface area contributed by atoms with Crippen LogP contribution in [0.25, 0.3) is 10.9 Å². The number of rotatable bonds is 7. The number of benzene rings is 1. The topological polar surface area (TPSA) is 88.7 Å². The summed E-state index contributed by atoms with van der Waals surface area (Å²) in [5.74, 6) is 0.584. The highest BCUT2D eigenvalue weighted by Gasteiger charge is 2.32. The SMILES string of the molecule is CCCCC(Cc1c[nH]c2ccccc12)C1CNCc2nc(C(N)=O)c(Cl)n21. The van der Waals surface area contributed by atoms with E-state index < -0.39 is 5.91 Å². The molecule has 1 aliphatic rings. The fourth-order valence-corrected chi connectivity index (χ4v) is 4.71. The molecule has 6 nitrogen and oxygen atoms in total. The van der Waals surface area contributed by atoms with Gasteiger partial charge in [0.2, 0.25) is 0 Å². The molecular formula is C21H26ClN5O. The zero-order valence-corrected chi connectivity index (χ0v) is 16.8. The monoisotopic (exact) mass is 399 g/mol. The predicted molar refractivity (Wildman–Crippen MR) is 112 cm³/mol. The normalized spacial score (nSPS) is 17.6. The maximum Gasteiger partial charge on any atom is 0.270 e. The van der Waals surface area contributed by atoms with Gasteiger partial charge < -0.3 is 20.6 Å². The van der Waals surface area contributed by atoms with Gasteiger partial charge in [-0.3, -0.25) is 4.79 Å². The highest BCUT2D eigenvalue weighted by atomic mass is 35.5. The van der Waals surface area contributed by atoms with Crippen molar-refractivity contribution in [3.05, 3.63) is 52.7 Å². The maximum absolute atomic E-state index is 11.7. The van der Waals surface area contributed by atoms with Crippen molar-refractivity contribution in [1.82, 2.24) is 19.9 Å². The standard InChI is InChI=1S/C21H26ClN5O/c1-2-3-6-13(9-14-10-25-16-8-5-4-7-15(14)16)17-11-24-12-18-26-19(21(23)28)20(22)27(17)18/h4-5,7-8,10,13,17,24-25H,2-3,6,9,11-12H2,1H3,(H2,23,28). The van der Waals surface area contributed by atoms with Crippen LogP contribution in [-0.4, -0.2) is 27.0 Å². The molecule has 4 rings (SSSR count). The van der Waals surface area contributed by atoms with E-state index in [0.29, 0.717) is 17.6 Å². The number of para-hydroxylation sites is 1. The smallest absolute Gasteiger partial charge is 0.270 e. The molecule has 3 aromatic rings. The molecule has 1 aromatic carbocycles. The Labute approximate surface area is 169 Å². The van der Waals surface area contributed by atoms with E-state index in [4.69, 9.17) is 17.3 Å². The van der Waals surface area contributed by atoms with Crippen molar-refractivity contribution in [1.29, 1.82) is 0 Å². The minimum absolute atomic E-state index is 0.136. The second kappa shape index (κ2) is 7.97.